The number of furan rings is 5. The van der Waals surface area contributed by atoms with Gasteiger partial charge in [-0.25, -0.2) is 0 Å². The topological polar surface area (TPSA) is 65.7 Å². The first-order valence-corrected chi connectivity index (χ1v) is 42.2. The van der Waals surface area contributed by atoms with Crippen molar-refractivity contribution in [1.29, 1.82) is 0 Å². The van der Waals surface area contributed by atoms with Crippen LogP contribution in [-0.2, 0) is 12.8 Å². The predicted molar refractivity (Wildman–Crippen MR) is 503 cm³/mol. The van der Waals surface area contributed by atoms with E-state index < -0.39 is 0 Å². The minimum absolute atomic E-state index is 0.880. The maximum absolute atomic E-state index is 6.61. The van der Waals surface area contributed by atoms with E-state index in [1.165, 1.54) is 128 Å². The summed E-state index contributed by atoms with van der Waals surface area (Å²) in [5, 5.41) is 21.3. The molecule has 1 aliphatic rings. The van der Waals surface area contributed by atoms with E-state index in [-0.39, 0.29) is 0 Å². The molecule has 5 aromatic heterocycles. The van der Waals surface area contributed by atoms with E-state index in [9.17, 15) is 0 Å². The molecule has 19 aromatic carbocycles. The molecule has 0 amide bonds. The van der Waals surface area contributed by atoms with E-state index in [1.54, 1.807) is 0 Å². The van der Waals surface area contributed by atoms with Crippen LogP contribution in [0.15, 0.2) is 404 Å². The number of benzene rings is 19. The van der Waals surface area contributed by atoms with Crippen molar-refractivity contribution in [3.8, 4) is 66.8 Å². The van der Waals surface area contributed by atoms with Gasteiger partial charge in [-0.1, -0.05) is 270 Å². The fraction of sp³-hybridized carbons (Fsp3) is 0.0185. The van der Waals surface area contributed by atoms with Crippen LogP contribution in [0.4, 0.5) is 0 Å². The van der Waals surface area contributed by atoms with E-state index in [0.29, 0.717) is 0 Å². The van der Waals surface area contributed by atoms with Crippen molar-refractivity contribution in [2.24, 2.45) is 0 Å². The maximum Gasteiger partial charge on any atom is 0.143 e. The molecule has 0 fully saturated rings. The molecule has 0 radical (unpaired) electrons. The van der Waals surface area contributed by atoms with Gasteiger partial charge in [0.15, 0.2) is 0 Å². The molecule has 554 valence electrons. The van der Waals surface area contributed by atoms with Gasteiger partial charge >= 0.3 is 0 Å². The molecule has 9 heteroatoms. The number of para-hydroxylation sites is 1. The van der Waals surface area contributed by atoms with E-state index in [0.717, 1.165) is 134 Å². The standard InChI is InChI=1S/C34H19BrO2.C30H19BrO.2C22H13BrO/c35-25-12-9-20(10-13-25)28-16-24(23-11-14-27-26-7-3-4-8-30(26)36-31(27)18-23)19-33-34(28)29-15-21-5-1-2-6-22(21)17-32(29)37-33;31-24-11-9-19(10-12-24)25-13-14-26(23-8-6-18-5-7-22(18)15-23)30-29(25)27-16-20-3-1-2-4-21(20)17-28(27)32-30;23-18-8-5-14(6-9-18)17-7-10-21-19(12-17)20-11-15-3-1-2-4-16(15)13-22(20)24-21;23-18-8-5-14(6-9-18)17-7-10-19-20-11-15-3-1-2-4-16(15)12-22(20)24-21(19)13-17/h1-19H;1-4,6,8-17H,5,7H2;2*1-13H. The van der Waals surface area contributed by atoms with Gasteiger partial charge in [0.25, 0.3) is 0 Å². The Morgan fingerprint density at radius 1 is 0.171 bits per heavy atom. The number of halogens is 4. The maximum atomic E-state index is 6.61. The third-order valence-corrected chi connectivity index (χ3v) is 25.3. The number of fused-ring (bicyclic) bond motifs is 20. The zero-order valence-electron chi connectivity index (χ0n) is 62.6. The zero-order valence-corrected chi connectivity index (χ0v) is 69.0. The summed E-state index contributed by atoms with van der Waals surface area (Å²) in [5.74, 6) is 0. The molecule has 5 nitrogen and oxygen atoms in total. The van der Waals surface area contributed by atoms with Crippen LogP contribution in [0.2, 0.25) is 0 Å². The lowest BCUT2D eigenvalue weighted by molar-refractivity contribution is 0.668. The number of hydrogen-bond acceptors (Lipinski definition) is 5. The Balaban J connectivity index is 0.0000000960. The monoisotopic (exact) mass is 1760 g/mol. The summed E-state index contributed by atoms with van der Waals surface area (Å²) in [5.41, 5.74) is 26.2. The Bertz CT molecular complexity index is 8090. The van der Waals surface area contributed by atoms with Crippen molar-refractivity contribution >= 4 is 217 Å². The smallest absolute Gasteiger partial charge is 0.143 e. The molecule has 0 saturated heterocycles. The Morgan fingerprint density at radius 3 is 1.04 bits per heavy atom. The van der Waals surface area contributed by atoms with Crippen LogP contribution < -0.4 is 0 Å². The third-order valence-electron chi connectivity index (χ3n) is 23.2. The van der Waals surface area contributed by atoms with Crippen molar-refractivity contribution in [3.63, 3.8) is 0 Å². The highest BCUT2D eigenvalue weighted by molar-refractivity contribution is 9.11. The van der Waals surface area contributed by atoms with Gasteiger partial charge in [-0.2, -0.15) is 0 Å². The molecule has 0 atom stereocenters. The van der Waals surface area contributed by atoms with Crippen LogP contribution in [0.3, 0.4) is 0 Å². The van der Waals surface area contributed by atoms with Crippen LogP contribution in [0.5, 0.6) is 0 Å². The highest BCUT2D eigenvalue weighted by Gasteiger charge is 2.23. The lowest BCUT2D eigenvalue weighted by Crippen LogP contribution is -2.07. The fourth-order valence-corrected chi connectivity index (χ4v) is 18.2. The molecule has 24 aromatic rings. The molecule has 5 heterocycles. The largest absolute Gasteiger partial charge is 0.456 e. The first kappa shape index (κ1) is 70.7. The summed E-state index contributed by atoms with van der Waals surface area (Å²) in [6.45, 7) is 0. The Hall–Kier alpha value is -12.9. The zero-order chi connectivity index (χ0) is 77.9. The first-order valence-electron chi connectivity index (χ1n) is 39.1. The Labute approximate surface area is 705 Å². The van der Waals surface area contributed by atoms with Crippen LogP contribution in [0, 0.1) is 0 Å². The van der Waals surface area contributed by atoms with Crippen LogP contribution in [-0.4, -0.2) is 0 Å². The second-order valence-electron chi connectivity index (χ2n) is 30.2. The normalized spacial score (nSPS) is 12.0. The van der Waals surface area contributed by atoms with Gasteiger partial charge in [-0.3, -0.25) is 0 Å². The van der Waals surface area contributed by atoms with Gasteiger partial charge in [0, 0.05) is 77.3 Å². The molecule has 0 unspecified atom stereocenters. The molecule has 0 spiro atoms. The van der Waals surface area contributed by atoms with Crippen molar-refractivity contribution in [2.75, 3.05) is 0 Å². The van der Waals surface area contributed by atoms with E-state index in [2.05, 4.69) is 416 Å². The Kier molecular flexibility index (Phi) is 17.6. The minimum Gasteiger partial charge on any atom is -0.456 e. The summed E-state index contributed by atoms with van der Waals surface area (Å²) >= 11 is 14.1. The summed E-state index contributed by atoms with van der Waals surface area (Å²) in [7, 11) is 0. The SMILES string of the molecule is Brc1ccc(-c2cc(-c3ccc4c(c3)oc3ccccc34)cc3oc4cc5ccccc5cc4c23)cc1.Brc1ccc(-c2ccc(-c3ccc4c(c3)CC4)c3oc4cc5ccccc5cc4c23)cc1.Brc1ccc(-c2ccc3c(c2)oc2cc4ccccc4cc23)cc1.Brc1ccc(-c2ccc3oc4cc5ccccc5cc4c3c2)cc1. The van der Waals surface area contributed by atoms with Gasteiger partial charge in [0.1, 0.15) is 55.8 Å². The average molecular weight is 1760 g/mol. The molecular formula is C108H64Br4O5. The number of hydrogen-bond donors (Lipinski definition) is 0. The van der Waals surface area contributed by atoms with E-state index in [4.69, 9.17) is 22.1 Å². The van der Waals surface area contributed by atoms with Crippen molar-refractivity contribution < 1.29 is 22.1 Å². The number of aryl methyl sites for hydroxylation is 2. The van der Waals surface area contributed by atoms with Gasteiger partial charge in [-0.05, 0) is 286 Å². The second kappa shape index (κ2) is 29.1. The van der Waals surface area contributed by atoms with Crippen molar-refractivity contribution in [3.05, 3.63) is 393 Å². The molecule has 0 saturated carbocycles. The molecule has 0 bridgehead atoms. The van der Waals surface area contributed by atoms with E-state index >= 15 is 0 Å². The van der Waals surface area contributed by atoms with Crippen molar-refractivity contribution in [2.45, 2.75) is 12.8 Å². The molecule has 0 N–H and O–H groups in total. The molecule has 117 heavy (non-hydrogen) atoms. The first-order chi connectivity index (χ1) is 57.5. The fourth-order valence-electron chi connectivity index (χ4n) is 17.1. The van der Waals surface area contributed by atoms with Gasteiger partial charge in [0.2, 0.25) is 0 Å². The van der Waals surface area contributed by atoms with Crippen LogP contribution in [0.25, 0.3) is 220 Å². The highest BCUT2D eigenvalue weighted by atomic mass is 79.9. The summed E-state index contributed by atoms with van der Waals surface area (Å²) in [6, 6.07) is 128. The summed E-state index contributed by atoms with van der Waals surface area (Å²) in [6.07, 6.45) is 2.37. The van der Waals surface area contributed by atoms with Gasteiger partial charge in [-0.15, -0.1) is 0 Å². The van der Waals surface area contributed by atoms with Crippen LogP contribution in [0.1, 0.15) is 11.1 Å². The van der Waals surface area contributed by atoms with Gasteiger partial charge in [0.05, 0.1) is 0 Å². The summed E-state index contributed by atoms with van der Waals surface area (Å²) < 4.78 is 35.8. The lowest BCUT2D eigenvalue weighted by atomic mass is 9.85. The molecule has 1 aliphatic carbocycles. The second-order valence-corrected chi connectivity index (χ2v) is 33.9. The lowest BCUT2D eigenvalue weighted by Gasteiger charge is -2.19. The molecule has 25 rings (SSSR count). The van der Waals surface area contributed by atoms with Crippen molar-refractivity contribution in [1.82, 2.24) is 0 Å². The molecular weight excluding hydrogens is 1700 g/mol. The molecule has 0 aliphatic heterocycles. The third kappa shape index (κ3) is 13.1. The summed E-state index contributed by atoms with van der Waals surface area (Å²) in [4.78, 5) is 0. The number of rotatable bonds is 6. The minimum atomic E-state index is 0.880. The average Bonchev–Trinajstić information content (AvgIpc) is 1.58. The highest BCUT2D eigenvalue weighted by Crippen LogP contribution is 2.47. The Morgan fingerprint density at radius 2 is 0.513 bits per heavy atom. The van der Waals surface area contributed by atoms with Gasteiger partial charge < -0.3 is 22.1 Å². The van der Waals surface area contributed by atoms with Crippen LogP contribution >= 0.6 is 63.7 Å². The predicted octanol–water partition coefficient (Wildman–Crippen LogP) is 34.0. The quantitative estimate of drug-likeness (QED) is 0.166. The van der Waals surface area contributed by atoms with E-state index in [1.807, 2.05) is 12.1 Å².